The van der Waals surface area contributed by atoms with Crippen molar-refractivity contribution in [3.63, 3.8) is 0 Å². The zero-order valence-electron chi connectivity index (χ0n) is 11.2. The Kier molecular flexibility index (Phi) is 3.90. The predicted molar refractivity (Wildman–Crippen MR) is 74.2 cm³/mol. The summed E-state index contributed by atoms with van der Waals surface area (Å²) < 4.78 is 0. The topological polar surface area (TPSA) is 53.9 Å². The molecule has 0 bridgehead atoms. The molecule has 1 heterocycles. The molecule has 18 heavy (non-hydrogen) atoms. The third-order valence-electron chi connectivity index (χ3n) is 3.36. The normalized spacial score (nSPS) is 16.4. The fraction of sp³-hybridized carbons (Fsp3) is 0.750. The van der Waals surface area contributed by atoms with Crippen LogP contribution in [0, 0.1) is 5.41 Å². The molecule has 0 aliphatic heterocycles. The standard InChI is InChI=1S/C12H20ClN5/c1-4-5-12(6-7-12)8-14-10-15-9(13)16-11(17-10)18(2)3/h4-8H2,1-3H3,(H,14,15,16,17). The summed E-state index contributed by atoms with van der Waals surface area (Å²) in [5.74, 6) is 1.15. The molecule has 0 spiro atoms. The first kappa shape index (κ1) is 13.3. The lowest BCUT2D eigenvalue weighted by molar-refractivity contribution is 0.484. The van der Waals surface area contributed by atoms with Crippen LogP contribution in [0.5, 0.6) is 0 Å². The molecule has 1 fully saturated rings. The number of hydrogen-bond acceptors (Lipinski definition) is 5. The van der Waals surface area contributed by atoms with Gasteiger partial charge in [0.2, 0.25) is 17.2 Å². The van der Waals surface area contributed by atoms with Crippen LogP contribution in [-0.4, -0.2) is 35.6 Å². The van der Waals surface area contributed by atoms with E-state index in [9.17, 15) is 0 Å². The predicted octanol–water partition coefficient (Wildman–Crippen LogP) is 2.58. The molecule has 0 radical (unpaired) electrons. The van der Waals surface area contributed by atoms with Gasteiger partial charge in [0.05, 0.1) is 0 Å². The maximum Gasteiger partial charge on any atom is 0.230 e. The van der Waals surface area contributed by atoms with Gasteiger partial charge in [-0.05, 0) is 36.3 Å². The van der Waals surface area contributed by atoms with E-state index in [4.69, 9.17) is 11.6 Å². The Morgan fingerprint density at radius 2 is 2.00 bits per heavy atom. The minimum Gasteiger partial charge on any atom is -0.353 e. The molecule has 1 aliphatic carbocycles. The lowest BCUT2D eigenvalue weighted by atomic mass is 10.0. The summed E-state index contributed by atoms with van der Waals surface area (Å²) in [6.07, 6.45) is 5.09. The quantitative estimate of drug-likeness (QED) is 0.860. The number of aromatic nitrogens is 3. The Morgan fingerprint density at radius 1 is 1.28 bits per heavy atom. The Balaban J connectivity index is 2.01. The summed E-state index contributed by atoms with van der Waals surface area (Å²) in [6, 6.07) is 0. The van der Waals surface area contributed by atoms with Crippen LogP contribution < -0.4 is 10.2 Å². The van der Waals surface area contributed by atoms with Gasteiger partial charge in [0.15, 0.2) is 0 Å². The minimum absolute atomic E-state index is 0.233. The van der Waals surface area contributed by atoms with E-state index in [1.165, 1.54) is 25.7 Å². The van der Waals surface area contributed by atoms with Gasteiger partial charge in [-0.15, -0.1) is 0 Å². The summed E-state index contributed by atoms with van der Waals surface area (Å²) >= 11 is 5.89. The fourth-order valence-corrected chi connectivity index (χ4v) is 2.26. The molecule has 1 N–H and O–H groups in total. The van der Waals surface area contributed by atoms with Crippen molar-refractivity contribution >= 4 is 23.5 Å². The van der Waals surface area contributed by atoms with Crippen LogP contribution in [-0.2, 0) is 0 Å². The van der Waals surface area contributed by atoms with E-state index in [0.29, 0.717) is 17.3 Å². The van der Waals surface area contributed by atoms with Crippen molar-refractivity contribution in [3.05, 3.63) is 5.28 Å². The molecule has 6 heteroatoms. The van der Waals surface area contributed by atoms with Gasteiger partial charge < -0.3 is 10.2 Å². The number of nitrogens with one attached hydrogen (secondary N) is 1. The molecule has 0 amide bonds. The maximum atomic E-state index is 5.89. The number of rotatable bonds is 6. The van der Waals surface area contributed by atoms with E-state index < -0.39 is 0 Å². The average molecular weight is 270 g/mol. The van der Waals surface area contributed by atoms with Crippen LogP contribution in [0.2, 0.25) is 5.28 Å². The lowest BCUT2D eigenvalue weighted by Gasteiger charge is -2.16. The third kappa shape index (κ3) is 3.22. The first-order chi connectivity index (χ1) is 8.54. The van der Waals surface area contributed by atoms with Crippen LogP contribution >= 0.6 is 11.6 Å². The average Bonchev–Trinajstić information content (AvgIpc) is 3.07. The highest BCUT2D eigenvalue weighted by Crippen LogP contribution is 2.49. The maximum absolute atomic E-state index is 5.89. The monoisotopic (exact) mass is 269 g/mol. The summed E-state index contributed by atoms with van der Waals surface area (Å²) in [5.41, 5.74) is 0.464. The summed E-state index contributed by atoms with van der Waals surface area (Å²) in [7, 11) is 3.77. The van der Waals surface area contributed by atoms with E-state index in [1.807, 2.05) is 19.0 Å². The number of halogens is 1. The van der Waals surface area contributed by atoms with Gasteiger partial charge in [-0.3, -0.25) is 0 Å². The van der Waals surface area contributed by atoms with Crippen LogP contribution in [0.15, 0.2) is 0 Å². The molecule has 0 unspecified atom stereocenters. The van der Waals surface area contributed by atoms with Crippen molar-refractivity contribution in [1.29, 1.82) is 0 Å². The van der Waals surface area contributed by atoms with Crippen molar-refractivity contribution in [2.45, 2.75) is 32.6 Å². The smallest absolute Gasteiger partial charge is 0.230 e. The fourth-order valence-electron chi connectivity index (χ4n) is 2.11. The van der Waals surface area contributed by atoms with Crippen LogP contribution in [0.4, 0.5) is 11.9 Å². The van der Waals surface area contributed by atoms with Gasteiger partial charge >= 0.3 is 0 Å². The molecule has 100 valence electrons. The minimum atomic E-state index is 0.233. The Hall–Kier alpha value is -1.10. The van der Waals surface area contributed by atoms with Crippen molar-refractivity contribution in [1.82, 2.24) is 15.0 Å². The summed E-state index contributed by atoms with van der Waals surface area (Å²) in [5, 5.41) is 3.53. The SMILES string of the molecule is CCCC1(CNc2nc(Cl)nc(N(C)C)n2)CC1. The summed E-state index contributed by atoms with van der Waals surface area (Å²) in [6.45, 7) is 3.15. The number of anilines is 2. The molecule has 0 atom stereocenters. The first-order valence-corrected chi connectivity index (χ1v) is 6.75. The molecule has 5 nitrogen and oxygen atoms in total. The first-order valence-electron chi connectivity index (χ1n) is 6.37. The van der Waals surface area contributed by atoms with E-state index in [-0.39, 0.29) is 5.28 Å². The molecular weight excluding hydrogens is 250 g/mol. The van der Waals surface area contributed by atoms with Crippen LogP contribution in [0.25, 0.3) is 0 Å². The highest BCUT2D eigenvalue weighted by atomic mass is 35.5. The van der Waals surface area contributed by atoms with E-state index in [2.05, 4.69) is 27.2 Å². The van der Waals surface area contributed by atoms with E-state index >= 15 is 0 Å². The van der Waals surface area contributed by atoms with Crippen molar-refractivity contribution in [2.24, 2.45) is 5.41 Å². The Labute approximate surface area is 113 Å². The van der Waals surface area contributed by atoms with Gasteiger partial charge in [0.1, 0.15) is 0 Å². The largest absolute Gasteiger partial charge is 0.353 e. The molecule has 1 aromatic rings. The number of nitrogens with zero attached hydrogens (tertiary/aromatic N) is 4. The van der Waals surface area contributed by atoms with E-state index in [1.54, 1.807) is 0 Å². The van der Waals surface area contributed by atoms with Crippen LogP contribution in [0.1, 0.15) is 32.6 Å². The molecule has 2 rings (SSSR count). The molecule has 0 saturated heterocycles. The molecule has 1 aromatic heterocycles. The highest BCUT2D eigenvalue weighted by Gasteiger charge is 2.41. The highest BCUT2D eigenvalue weighted by molar-refractivity contribution is 6.28. The third-order valence-corrected chi connectivity index (χ3v) is 3.52. The second kappa shape index (κ2) is 5.26. The van der Waals surface area contributed by atoms with Gasteiger partial charge in [-0.25, -0.2) is 0 Å². The zero-order chi connectivity index (χ0) is 13.2. The number of hydrogen-bond donors (Lipinski definition) is 1. The van der Waals surface area contributed by atoms with E-state index in [0.717, 1.165) is 6.54 Å². The van der Waals surface area contributed by atoms with Crippen molar-refractivity contribution in [3.8, 4) is 0 Å². The molecule has 0 aromatic carbocycles. The molecular formula is C12H20ClN5. The van der Waals surface area contributed by atoms with Gasteiger partial charge in [-0.2, -0.15) is 15.0 Å². The van der Waals surface area contributed by atoms with Crippen molar-refractivity contribution in [2.75, 3.05) is 30.9 Å². The van der Waals surface area contributed by atoms with Gasteiger partial charge in [-0.1, -0.05) is 13.3 Å². The van der Waals surface area contributed by atoms with Gasteiger partial charge in [0.25, 0.3) is 0 Å². The summed E-state index contributed by atoms with van der Waals surface area (Å²) in [4.78, 5) is 14.3. The Morgan fingerprint density at radius 3 is 2.56 bits per heavy atom. The molecule has 1 aliphatic rings. The zero-order valence-corrected chi connectivity index (χ0v) is 12.0. The second-order valence-electron chi connectivity index (χ2n) is 5.23. The lowest BCUT2D eigenvalue weighted by Crippen LogP contribution is -2.19. The van der Waals surface area contributed by atoms with Crippen molar-refractivity contribution < 1.29 is 0 Å². The van der Waals surface area contributed by atoms with Gasteiger partial charge in [0, 0.05) is 20.6 Å². The molecule has 1 saturated carbocycles. The Bertz CT molecular complexity index is 417. The van der Waals surface area contributed by atoms with Crippen LogP contribution in [0.3, 0.4) is 0 Å². The second-order valence-corrected chi connectivity index (χ2v) is 5.56.